The van der Waals surface area contributed by atoms with Crippen LogP contribution in [0.3, 0.4) is 0 Å². The summed E-state index contributed by atoms with van der Waals surface area (Å²) in [7, 11) is 0. The molecule has 1 amide bonds. The zero-order valence-electron chi connectivity index (χ0n) is 20.0. The van der Waals surface area contributed by atoms with Gasteiger partial charge < -0.3 is 29.9 Å². The molecule has 35 heavy (non-hydrogen) atoms. The third-order valence-corrected chi connectivity index (χ3v) is 7.19. The second kappa shape index (κ2) is 8.06. The molecule has 1 aliphatic carbocycles. The van der Waals surface area contributed by atoms with Crippen LogP contribution in [0.25, 0.3) is 0 Å². The summed E-state index contributed by atoms with van der Waals surface area (Å²) in [5, 5.41) is 22.4. The molecule has 1 fully saturated rings. The number of carbonyl (C=O) groups excluding carboxylic acids is 1. The molecular formula is C26H30F2N2O5. The van der Waals surface area contributed by atoms with Gasteiger partial charge in [0.2, 0.25) is 5.91 Å². The number of fused-ring (bicyclic) bond motifs is 2. The van der Waals surface area contributed by atoms with Gasteiger partial charge >= 0.3 is 6.29 Å². The van der Waals surface area contributed by atoms with Crippen molar-refractivity contribution < 1.29 is 33.3 Å². The predicted octanol–water partition coefficient (Wildman–Crippen LogP) is 3.81. The van der Waals surface area contributed by atoms with E-state index in [1.807, 2.05) is 18.2 Å². The van der Waals surface area contributed by atoms with Crippen molar-refractivity contribution in [3.05, 3.63) is 47.5 Å². The molecule has 2 heterocycles. The minimum atomic E-state index is -3.70. The highest BCUT2D eigenvalue weighted by molar-refractivity contribution is 6.01. The first-order chi connectivity index (χ1) is 16.4. The van der Waals surface area contributed by atoms with Gasteiger partial charge in [-0.3, -0.25) is 4.79 Å². The number of alkyl halides is 2. The zero-order chi connectivity index (χ0) is 25.2. The lowest BCUT2D eigenvalue weighted by Crippen LogP contribution is -2.46. The van der Waals surface area contributed by atoms with Crippen LogP contribution >= 0.6 is 0 Å². The van der Waals surface area contributed by atoms with Crippen LogP contribution in [-0.4, -0.2) is 47.7 Å². The fourth-order valence-electron chi connectivity index (χ4n) is 5.15. The van der Waals surface area contributed by atoms with Gasteiger partial charge in [-0.05, 0) is 66.1 Å². The first-order valence-corrected chi connectivity index (χ1v) is 11.8. The predicted molar refractivity (Wildman–Crippen MR) is 126 cm³/mol. The van der Waals surface area contributed by atoms with Crippen LogP contribution < -0.4 is 19.7 Å². The molecule has 2 aromatic rings. The fourth-order valence-corrected chi connectivity index (χ4v) is 5.15. The number of aliphatic hydroxyl groups is 2. The fraction of sp³-hybridized carbons (Fsp3) is 0.500. The molecule has 0 aromatic heterocycles. The van der Waals surface area contributed by atoms with Crippen molar-refractivity contribution in [2.75, 3.05) is 23.4 Å². The first kappa shape index (κ1) is 23.8. The average Bonchev–Trinajstić information content (AvgIpc) is 3.42. The monoisotopic (exact) mass is 488 g/mol. The van der Waals surface area contributed by atoms with Crippen molar-refractivity contribution in [3.8, 4) is 11.5 Å². The van der Waals surface area contributed by atoms with Gasteiger partial charge in [0.15, 0.2) is 11.5 Å². The molecule has 0 radical (unpaired) electrons. The number of ether oxygens (including phenoxy) is 2. The van der Waals surface area contributed by atoms with Crippen LogP contribution in [0.4, 0.5) is 20.2 Å². The van der Waals surface area contributed by atoms with Gasteiger partial charge in [-0.2, -0.15) is 0 Å². The van der Waals surface area contributed by atoms with Gasteiger partial charge in [-0.1, -0.05) is 26.8 Å². The van der Waals surface area contributed by atoms with Crippen molar-refractivity contribution in [3.63, 3.8) is 0 Å². The van der Waals surface area contributed by atoms with Crippen LogP contribution in [0.5, 0.6) is 11.5 Å². The number of hydrogen-bond acceptors (Lipinski definition) is 6. The zero-order valence-corrected chi connectivity index (χ0v) is 20.0. The first-order valence-electron chi connectivity index (χ1n) is 11.8. The van der Waals surface area contributed by atoms with Gasteiger partial charge in [-0.25, -0.2) is 0 Å². The Hall–Kier alpha value is -2.91. The lowest BCUT2D eigenvalue weighted by Gasteiger charge is -2.37. The summed E-state index contributed by atoms with van der Waals surface area (Å²) in [5.41, 5.74) is 2.46. The SMILES string of the molecule is CC(C)(C)C1Cc2cc(NC(=O)C3(c4ccc5c(c4)OC(F)(F)O5)CC3)ccc2N1CC(O)CO. The Bertz CT molecular complexity index is 1160. The molecule has 3 N–H and O–H groups in total. The molecule has 1 saturated carbocycles. The Morgan fingerprint density at radius 2 is 1.89 bits per heavy atom. The molecule has 2 aromatic carbocycles. The largest absolute Gasteiger partial charge is 0.586 e. The molecule has 2 aliphatic heterocycles. The molecule has 0 spiro atoms. The normalized spacial score (nSPS) is 22.0. The number of β-amino-alcohol motifs (C(OH)–C–C–N with tert-alkyl or cyclic N) is 1. The van der Waals surface area contributed by atoms with E-state index in [9.17, 15) is 23.8 Å². The lowest BCUT2D eigenvalue weighted by molar-refractivity contribution is -0.286. The van der Waals surface area contributed by atoms with E-state index in [0.717, 1.165) is 17.7 Å². The highest BCUT2D eigenvalue weighted by atomic mass is 19.3. The molecular weight excluding hydrogens is 458 g/mol. The van der Waals surface area contributed by atoms with E-state index in [1.54, 1.807) is 6.07 Å². The Balaban J connectivity index is 1.36. The Morgan fingerprint density at radius 1 is 1.17 bits per heavy atom. The van der Waals surface area contributed by atoms with E-state index < -0.39 is 17.8 Å². The number of nitrogens with zero attached hydrogens (tertiary/aromatic N) is 1. The molecule has 5 rings (SSSR count). The minimum Gasteiger partial charge on any atom is -0.395 e. The van der Waals surface area contributed by atoms with Crippen molar-refractivity contribution in [2.45, 2.75) is 63.9 Å². The smallest absolute Gasteiger partial charge is 0.395 e. The quantitative estimate of drug-likeness (QED) is 0.573. The summed E-state index contributed by atoms with van der Waals surface area (Å²) in [6.45, 7) is 6.44. The molecule has 7 nitrogen and oxygen atoms in total. The number of carbonyl (C=O) groups is 1. The van der Waals surface area contributed by atoms with E-state index in [1.165, 1.54) is 12.1 Å². The van der Waals surface area contributed by atoms with E-state index >= 15 is 0 Å². The van der Waals surface area contributed by atoms with Crippen LogP contribution in [-0.2, 0) is 16.6 Å². The van der Waals surface area contributed by atoms with Crippen molar-refractivity contribution in [1.82, 2.24) is 0 Å². The maximum absolute atomic E-state index is 13.4. The van der Waals surface area contributed by atoms with E-state index in [0.29, 0.717) is 30.6 Å². The van der Waals surface area contributed by atoms with Crippen molar-refractivity contribution >= 4 is 17.3 Å². The summed E-state index contributed by atoms with van der Waals surface area (Å²) >= 11 is 0. The maximum atomic E-state index is 13.4. The van der Waals surface area contributed by atoms with Crippen LogP contribution in [0, 0.1) is 5.41 Å². The molecule has 2 atom stereocenters. The highest BCUT2D eigenvalue weighted by Crippen LogP contribution is 2.52. The summed E-state index contributed by atoms with van der Waals surface area (Å²) in [6.07, 6.45) is -2.57. The molecule has 9 heteroatoms. The van der Waals surface area contributed by atoms with Gasteiger partial charge in [0, 0.05) is 24.0 Å². The number of aliphatic hydroxyl groups excluding tert-OH is 2. The number of nitrogens with one attached hydrogen (secondary N) is 1. The number of hydrogen-bond donors (Lipinski definition) is 3. The van der Waals surface area contributed by atoms with Crippen LogP contribution in [0.1, 0.15) is 44.7 Å². The number of amides is 1. The Morgan fingerprint density at radius 3 is 2.54 bits per heavy atom. The third-order valence-electron chi connectivity index (χ3n) is 7.19. The number of benzene rings is 2. The van der Waals surface area contributed by atoms with E-state index in [2.05, 4.69) is 40.5 Å². The van der Waals surface area contributed by atoms with Crippen molar-refractivity contribution in [2.24, 2.45) is 5.41 Å². The number of anilines is 2. The highest BCUT2D eigenvalue weighted by Gasteiger charge is 2.53. The summed E-state index contributed by atoms with van der Waals surface area (Å²) in [6, 6.07) is 10.4. The van der Waals surface area contributed by atoms with Gasteiger partial charge in [0.05, 0.1) is 18.1 Å². The van der Waals surface area contributed by atoms with Crippen LogP contribution in [0.2, 0.25) is 0 Å². The summed E-state index contributed by atoms with van der Waals surface area (Å²) < 4.78 is 35.8. The average molecular weight is 489 g/mol. The van der Waals surface area contributed by atoms with Gasteiger partial charge in [0.25, 0.3) is 0 Å². The van der Waals surface area contributed by atoms with Gasteiger partial charge in [0.1, 0.15) is 0 Å². The second-order valence-corrected chi connectivity index (χ2v) is 10.8. The second-order valence-electron chi connectivity index (χ2n) is 10.8. The van der Waals surface area contributed by atoms with Crippen molar-refractivity contribution in [1.29, 1.82) is 0 Å². The number of halogens is 2. The standard InChI is InChI=1S/C26H30F2N2O5/c1-24(2,3)22-11-15-10-17(5-6-19(15)30(22)13-18(32)14-31)29-23(33)25(8-9-25)16-4-7-20-21(12-16)35-26(27,28)34-20/h4-7,10,12,18,22,31-32H,8-9,11,13-14H2,1-3H3,(H,29,33). The summed E-state index contributed by atoms with van der Waals surface area (Å²) in [5.74, 6) is -0.304. The third kappa shape index (κ3) is 4.31. The Kier molecular flexibility index (Phi) is 5.49. The maximum Gasteiger partial charge on any atom is 0.586 e. The lowest BCUT2D eigenvalue weighted by atomic mass is 9.84. The minimum absolute atomic E-state index is 0.0437. The molecule has 0 bridgehead atoms. The number of rotatable bonds is 6. The van der Waals surface area contributed by atoms with E-state index in [-0.39, 0.29) is 35.5 Å². The molecule has 0 saturated heterocycles. The molecule has 188 valence electrons. The van der Waals surface area contributed by atoms with E-state index in [4.69, 9.17) is 0 Å². The molecule has 3 aliphatic rings. The Labute approximate surface area is 202 Å². The van der Waals surface area contributed by atoms with Gasteiger partial charge in [-0.15, -0.1) is 8.78 Å². The summed E-state index contributed by atoms with van der Waals surface area (Å²) in [4.78, 5) is 15.4. The van der Waals surface area contributed by atoms with Crippen LogP contribution in [0.15, 0.2) is 36.4 Å². The molecule has 2 unspecified atom stereocenters. The topological polar surface area (TPSA) is 91.3 Å².